The monoisotopic (exact) mass is 264 g/mol. The maximum atomic E-state index is 10.9. The molecule has 0 atom stereocenters. The normalized spacial score (nSPS) is 10.6. The van der Waals surface area contributed by atoms with Gasteiger partial charge in [-0.25, -0.2) is 4.79 Å². The van der Waals surface area contributed by atoms with E-state index in [2.05, 4.69) is 5.10 Å². The van der Waals surface area contributed by atoms with Crippen LogP contribution in [0, 0.1) is 0 Å². The third kappa shape index (κ3) is 2.71. The number of nitrogens with zero attached hydrogens (tertiary/aromatic N) is 2. The zero-order valence-corrected chi connectivity index (χ0v) is 10.7. The van der Waals surface area contributed by atoms with E-state index < -0.39 is 5.97 Å². The number of rotatable bonds is 4. The first-order valence-electron chi connectivity index (χ1n) is 5.64. The lowest BCUT2D eigenvalue weighted by Gasteiger charge is -2.05. The number of carboxylic acid groups (broad SMARTS) is 1. The molecule has 18 heavy (non-hydrogen) atoms. The molecular weight excluding hydrogens is 252 g/mol. The van der Waals surface area contributed by atoms with Crippen LogP contribution in [0.25, 0.3) is 0 Å². The molecule has 0 bridgehead atoms. The van der Waals surface area contributed by atoms with Crippen molar-refractivity contribution in [2.45, 2.75) is 19.9 Å². The Kier molecular flexibility index (Phi) is 3.67. The Morgan fingerprint density at radius 3 is 2.61 bits per heavy atom. The summed E-state index contributed by atoms with van der Waals surface area (Å²) in [4.78, 5) is 10.9. The van der Waals surface area contributed by atoms with Crippen LogP contribution in [-0.4, -0.2) is 20.9 Å². The maximum Gasteiger partial charge on any atom is 0.356 e. The second-order valence-corrected chi connectivity index (χ2v) is 4.40. The summed E-state index contributed by atoms with van der Waals surface area (Å²) >= 11 is 5.82. The average Bonchev–Trinajstić information content (AvgIpc) is 2.75. The lowest BCUT2D eigenvalue weighted by atomic mass is 10.2. The number of benzene rings is 1. The van der Waals surface area contributed by atoms with Gasteiger partial charge in [0, 0.05) is 10.7 Å². The molecule has 0 saturated carbocycles. The van der Waals surface area contributed by atoms with Crippen LogP contribution in [0.1, 0.15) is 28.7 Å². The molecule has 0 spiro atoms. The third-order valence-corrected chi connectivity index (χ3v) is 2.94. The zero-order valence-electron chi connectivity index (χ0n) is 9.93. The molecule has 0 aliphatic heterocycles. The number of aromatic carboxylic acids is 1. The second-order valence-electron chi connectivity index (χ2n) is 3.96. The van der Waals surface area contributed by atoms with Crippen LogP contribution in [-0.2, 0) is 13.0 Å². The molecule has 0 radical (unpaired) electrons. The van der Waals surface area contributed by atoms with Gasteiger partial charge in [-0.05, 0) is 30.2 Å². The molecule has 0 aliphatic rings. The van der Waals surface area contributed by atoms with Crippen molar-refractivity contribution < 1.29 is 9.90 Å². The standard InChI is InChI=1S/C13H13ClN2O2/c1-2-11-7-12(13(17)18)15-16(11)8-9-3-5-10(14)6-4-9/h3-7H,2,8H2,1H3,(H,17,18). The average molecular weight is 265 g/mol. The zero-order chi connectivity index (χ0) is 13.1. The van der Waals surface area contributed by atoms with Crippen LogP contribution in [0.15, 0.2) is 30.3 Å². The molecule has 2 aromatic rings. The summed E-state index contributed by atoms with van der Waals surface area (Å²) in [5.41, 5.74) is 2.03. The molecule has 0 aliphatic carbocycles. The van der Waals surface area contributed by atoms with Crippen molar-refractivity contribution in [3.8, 4) is 0 Å². The molecule has 5 heteroatoms. The maximum absolute atomic E-state index is 10.9. The van der Waals surface area contributed by atoms with Gasteiger partial charge in [-0.2, -0.15) is 5.10 Å². The van der Waals surface area contributed by atoms with Crippen LogP contribution in [0.4, 0.5) is 0 Å². The minimum absolute atomic E-state index is 0.0841. The first kappa shape index (κ1) is 12.6. The summed E-state index contributed by atoms with van der Waals surface area (Å²) in [5, 5.41) is 13.7. The van der Waals surface area contributed by atoms with Gasteiger partial charge < -0.3 is 5.11 Å². The van der Waals surface area contributed by atoms with E-state index in [9.17, 15) is 4.79 Å². The molecule has 2 rings (SSSR count). The molecule has 1 aromatic heterocycles. The first-order chi connectivity index (χ1) is 8.60. The predicted molar refractivity (Wildman–Crippen MR) is 69.1 cm³/mol. The molecule has 1 heterocycles. The number of hydrogen-bond acceptors (Lipinski definition) is 2. The lowest BCUT2D eigenvalue weighted by Crippen LogP contribution is -2.07. The van der Waals surface area contributed by atoms with Gasteiger partial charge >= 0.3 is 5.97 Å². The van der Waals surface area contributed by atoms with Crippen molar-refractivity contribution in [3.63, 3.8) is 0 Å². The van der Waals surface area contributed by atoms with Crippen molar-refractivity contribution in [1.82, 2.24) is 9.78 Å². The van der Waals surface area contributed by atoms with Crippen molar-refractivity contribution in [2.75, 3.05) is 0 Å². The molecule has 94 valence electrons. The molecule has 0 fully saturated rings. The Morgan fingerprint density at radius 1 is 1.39 bits per heavy atom. The van der Waals surface area contributed by atoms with Crippen molar-refractivity contribution >= 4 is 17.6 Å². The van der Waals surface area contributed by atoms with Gasteiger partial charge in [0.15, 0.2) is 5.69 Å². The smallest absolute Gasteiger partial charge is 0.356 e. The Balaban J connectivity index is 2.27. The lowest BCUT2D eigenvalue weighted by molar-refractivity contribution is 0.0689. The van der Waals surface area contributed by atoms with Crippen molar-refractivity contribution in [3.05, 3.63) is 52.3 Å². The van der Waals surface area contributed by atoms with Gasteiger partial charge in [-0.1, -0.05) is 30.7 Å². The highest BCUT2D eigenvalue weighted by atomic mass is 35.5. The van der Waals surface area contributed by atoms with Crippen LogP contribution >= 0.6 is 11.6 Å². The molecule has 0 unspecified atom stereocenters. The highest BCUT2D eigenvalue weighted by molar-refractivity contribution is 6.30. The predicted octanol–water partition coefficient (Wildman–Crippen LogP) is 2.85. The van der Waals surface area contributed by atoms with Crippen LogP contribution in [0.3, 0.4) is 0 Å². The summed E-state index contributed by atoms with van der Waals surface area (Å²) in [5.74, 6) is -1.00. The highest BCUT2D eigenvalue weighted by Crippen LogP contribution is 2.13. The van der Waals surface area contributed by atoms with E-state index in [1.54, 1.807) is 10.7 Å². The van der Waals surface area contributed by atoms with E-state index in [0.29, 0.717) is 11.6 Å². The fraction of sp³-hybridized carbons (Fsp3) is 0.231. The minimum atomic E-state index is -1.00. The molecule has 4 nitrogen and oxygen atoms in total. The van der Waals surface area contributed by atoms with Crippen LogP contribution in [0.5, 0.6) is 0 Å². The summed E-state index contributed by atoms with van der Waals surface area (Å²) < 4.78 is 1.71. The first-order valence-corrected chi connectivity index (χ1v) is 6.02. The van der Waals surface area contributed by atoms with Gasteiger partial charge in [0.05, 0.1) is 6.54 Å². The van der Waals surface area contributed by atoms with E-state index >= 15 is 0 Å². The number of aromatic nitrogens is 2. The summed E-state index contributed by atoms with van der Waals surface area (Å²) in [6.45, 7) is 2.52. The Bertz CT molecular complexity index is 561. The van der Waals surface area contributed by atoms with E-state index in [4.69, 9.17) is 16.7 Å². The summed E-state index contributed by atoms with van der Waals surface area (Å²) in [6, 6.07) is 9.04. The number of halogens is 1. The van der Waals surface area contributed by atoms with Gasteiger partial charge in [-0.15, -0.1) is 0 Å². The fourth-order valence-electron chi connectivity index (χ4n) is 1.74. The Labute approximate surface area is 110 Å². The fourth-order valence-corrected chi connectivity index (χ4v) is 1.87. The van der Waals surface area contributed by atoms with E-state index in [1.165, 1.54) is 0 Å². The quantitative estimate of drug-likeness (QED) is 0.924. The van der Waals surface area contributed by atoms with Crippen LogP contribution in [0.2, 0.25) is 5.02 Å². The summed E-state index contributed by atoms with van der Waals surface area (Å²) in [7, 11) is 0. The summed E-state index contributed by atoms with van der Waals surface area (Å²) in [6.07, 6.45) is 0.744. The third-order valence-electron chi connectivity index (χ3n) is 2.69. The van der Waals surface area contributed by atoms with E-state index in [0.717, 1.165) is 17.7 Å². The van der Waals surface area contributed by atoms with Crippen LogP contribution < -0.4 is 0 Å². The van der Waals surface area contributed by atoms with Gasteiger partial charge in [0.2, 0.25) is 0 Å². The number of hydrogen-bond donors (Lipinski definition) is 1. The topological polar surface area (TPSA) is 55.1 Å². The number of carbonyl (C=O) groups is 1. The Morgan fingerprint density at radius 2 is 2.06 bits per heavy atom. The highest BCUT2D eigenvalue weighted by Gasteiger charge is 2.12. The molecule has 1 N–H and O–H groups in total. The van der Waals surface area contributed by atoms with E-state index in [-0.39, 0.29) is 5.69 Å². The van der Waals surface area contributed by atoms with Crippen molar-refractivity contribution in [1.29, 1.82) is 0 Å². The van der Waals surface area contributed by atoms with E-state index in [1.807, 2.05) is 31.2 Å². The molecule has 0 saturated heterocycles. The SMILES string of the molecule is CCc1cc(C(=O)O)nn1Cc1ccc(Cl)cc1. The van der Waals surface area contributed by atoms with Gasteiger partial charge in [0.1, 0.15) is 0 Å². The molecular formula is C13H13ClN2O2. The second kappa shape index (κ2) is 5.23. The molecule has 0 amide bonds. The van der Waals surface area contributed by atoms with Gasteiger partial charge in [0.25, 0.3) is 0 Å². The minimum Gasteiger partial charge on any atom is -0.476 e. The number of aryl methyl sites for hydroxylation is 1. The largest absolute Gasteiger partial charge is 0.476 e. The Hall–Kier alpha value is -1.81. The van der Waals surface area contributed by atoms with Crippen molar-refractivity contribution in [2.24, 2.45) is 0 Å². The van der Waals surface area contributed by atoms with Gasteiger partial charge in [-0.3, -0.25) is 4.68 Å². The number of carboxylic acids is 1. The molecule has 1 aromatic carbocycles.